The van der Waals surface area contributed by atoms with Crippen molar-refractivity contribution < 1.29 is 4.79 Å². The van der Waals surface area contributed by atoms with Crippen LogP contribution >= 0.6 is 23.2 Å². The zero-order valence-electron chi connectivity index (χ0n) is 7.31. The molecule has 0 aliphatic carbocycles. The van der Waals surface area contributed by atoms with Crippen LogP contribution in [0.15, 0.2) is 18.2 Å². The van der Waals surface area contributed by atoms with Crippen LogP contribution in [0.4, 0.5) is 0 Å². The van der Waals surface area contributed by atoms with Gasteiger partial charge in [0.15, 0.2) is 5.78 Å². The van der Waals surface area contributed by atoms with Crippen LogP contribution in [0, 0.1) is 6.92 Å². The van der Waals surface area contributed by atoms with Gasteiger partial charge in [-0.2, -0.15) is 0 Å². The number of benzene rings is 1. The van der Waals surface area contributed by atoms with Gasteiger partial charge >= 0.3 is 0 Å². The summed E-state index contributed by atoms with van der Waals surface area (Å²) in [6.07, 6.45) is 0.379. The SMILES string of the molecule is Cc1cc(Cl)ccc1C(=O)CCCl. The molecule has 0 aliphatic rings. The maximum atomic E-state index is 11.4. The zero-order valence-corrected chi connectivity index (χ0v) is 8.82. The molecule has 0 aliphatic heterocycles. The van der Waals surface area contributed by atoms with Gasteiger partial charge in [0, 0.05) is 22.9 Å². The highest BCUT2D eigenvalue weighted by atomic mass is 35.5. The fourth-order valence-corrected chi connectivity index (χ4v) is 1.56. The molecule has 1 rings (SSSR count). The van der Waals surface area contributed by atoms with E-state index in [-0.39, 0.29) is 5.78 Å². The Kier molecular flexibility index (Phi) is 3.76. The van der Waals surface area contributed by atoms with Crippen LogP contribution in [0.25, 0.3) is 0 Å². The summed E-state index contributed by atoms with van der Waals surface area (Å²) in [6.45, 7) is 1.87. The van der Waals surface area contributed by atoms with Gasteiger partial charge < -0.3 is 0 Å². The van der Waals surface area contributed by atoms with E-state index in [1.165, 1.54) is 0 Å². The number of Topliss-reactive ketones (excluding diaryl/α,β-unsaturated/α-hetero) is 1. The number of carbonyl (C=O) groups excluding carboxylic acids is 1. The van der Waals surface area contributed by atoms with Crippen LogP contribution < -0.4 is 0 Å². The highest BCUT2D eigenvalue weighted by molar-refractivity contribution is 6.30. The molecule has 0 bridgehead atoms. The molecule has 0 amide bonds. The Bertz CT molecular complexity index is 321. The lowest BCUT2D eigenvalue weighted by molar-refractivity contribution is 0.0988. The molecule has 0 unspecified atom stereocenters. The second-order valence-corrected chi connectivity index (χ2v) is 3.64. The first kappa shape index (κ1) is 10.6. The lowest BCUT2D eigenvalue weighted by Gasteiger charge is -2.03. The molecule has 13 heavy (non-hydrogen) atoms. The summed E-state index contributed by atoms with van der Waals surface area (Å²) >= 11 is 11.2. The number of halogens is 2. The average molecular weight is 217 g/mol. The number of ketones is 1. The van der Waals surface area contributed by atoms with Crippen LogP contribution in [0.3, 0.4) is 0 Å². The van der Waals surface area contributed by atoms with Crippen molar-refractivity contribution in [3.05, 3.63) is 34.3 Å². The van der Waals surface area contributed by atoms with Crippen molar-refractivity contribution in [2.24, 2.45) is 0 Å². The van der Waals surface area contributed by atoms with Crippen molar-refractivity contribution in [1.29, 1.82) is 0 Å². The van der Waals surface area contributed by atoms with Crippen molar-refractivity contribution in [2.45, 2.75) is 13.3 Å². The van der Waals surface area contributed by atoms with E-state index >= 15 is 0 Å². The number of hydrogen-bond acceptors (Lipinski definition) is 1. The molecule has 1 nitrogen and oxygen atoms in total. The standard InChI is InChI=1S/C10H10Cl2O/c1-7-6-8(12)2-3-9(7)10(13)4-5-11/h2-3,6H,4-5H2,1H3. The van der Waals surface area contributed by atoms with E-state index in [9.17, 15) is 4.79 Å². The third-order valence-electron chi connectivity index (χ3n) is 1.81. The third kappa shape index (κ3) is 2.71. The molecule has 1 aromatic rings. The molecule has 0 saturated heterocycles. The van der Waals surface area contributed by atoms with Gasteiger partial charge in [0.25, 0.3) is 0 Å². The average Bonchev–Trinajstić information content (AvgIpc) is 2.04. The summed E-state index contributed by atoms with van der Waals surface area (Å²) in [5.41, 5.74) is 1.62. The Balaban J connectivity index is 2.95. The first-order valence-corrected chi connectivity index (χ1v) is 4.91. The Morgan fingerprint density at radius 3 is 2.69 bits per heavy atom. The summed E-state index contributed by atoms with van der Waals surface area (Å²) in [7, 11) is 0. The van der Waals surface area contributed by atoms with Gasteiger partial charge in [-0.1, -0.05) is 11.6 Å². The first-order chi connectivity index (χ1) is 6.15. The summed E-state index contributed by atoms with van der Waals surface area (Å²) in [6, 6.07) is 5.24. The number of rotatable bonds is 3. The molecule has 0 saturated carbocycles. The summed E-state index contributed by atoms with van der Waals surface area (Å²) in [5.74, 6) is 0.435. The van der Waals surface area contributed by atoms with E-state index in [1.807, 2.05) is 6.92 Å². The van der Waals surface area contributed by atoms with E-state index in [4.69, 9.17) is 23.2 Å². The molecule has 0 radical (unpaired) electrons. The predicted molar refractivity (Wildman–Crippen MR) is 55.9 cm³/mol. The molecule has 0 atom stereocenters. The van der Waals surface area contributed by atoms with E-state index in [1.54, 1.807) is 18.2 Å². The number of carbonyl (C=O) groups is 1. The van der Waals surface area contributed by atoms with Crippen molar-refractivity contribution in [1.82, 2.24) is 0 Å². The summed E-state index contributed by atoms with van der Waals surface area (Å²) in [5, 5.41) is 0.653. The number of aryl methyl sites for hydroxylation is 1. The minimum atomic E-state index is 0.0733. The molecule has 0 heterocycles. The Hall–Kier alpha value is -0.530. The maximum Gasteiger partial charge on any atom is 0.164 e. The van der Waals surface area contributed by atoms with Gasteiger partial charge in [0.1, 0.15) is 0 Å². The summed E-state index contributed by atoms with van der Waals surface area (Å²) < 4.78 is 0. The Morgan fingerprint density at radius 1 is 1.46 bits per heavy atom. The monoisotopic (exact) mass is 216 g/mol. The van der Waals surface area contributed by atoms with Gasteiger partial charge in [0.05, 0.1) is 0 Å². The highest BCUT2D eigenvalue weighted by Crippen LogP contribution is 2.16. The molecule has 3 heteroatoms. The topological polar surface area (TPSA) is 17.1 Å². The number of hydrogen-bond donors (Lipinski definition) is 0. The van der Waals surface area contributed by atoms with E-state index in [2.05, 4.69) is 0 Å². The second kappa shape index (κ2) is 4.64. The van der Waals surface area contributed by atoms with Crippen LogP contribution in [0.1, 0.15) is 22.3 Å². The van der Waals surface area contributed by atoms with Crippen molar-refractivity contribution in [2.75, 3.05) is 5.88 Å². The highest BCUT2D eigenvalue weighted by Gasteiger charge is 2.07. The molecule has 0 fully saturated rings. The Morgan fingerprint density at radius 2 is 2.15 bits per heavy atom. The second-order valence-electron chi connectivity index (χ2n) is 2.82. The van der Waals surface area contributed by atoms with Gasteiger partial charge in [-0.3, -0.25) is 4.79 Å². The minimum absolute atomic E-state index is 0.0733. The molecular weight excluding hydrogens is 207 g/mol. The molecule has 70 valence electrons. The van der Waals surface area contributed by atoms with Crippen LogP contribution in [0.2, 0.25) is 5.02 Å². The molecule has 0 N–H and O–H groups in total. The largest absolute Gasteiger partial charge is 0.294 e. The third-order valence-corrected chi connectivity index (χ3v) is 2.23. The van der Waals surface area contributed by atoms with E-state index in [0.717, 1.165) is 5.56 Å². The van der Waals surface area contributed by atoms with Crippen molar-refractivity contribution in [3.63, 3.8) is 0 Å². The lowest BCUT2D eigenvalue weighted by Crippen LogP contribution is -2.01. The van der Waals surface area contributed by atoms with Crippen LogP contribution in [-0.2, 0) is 0 Å². The molecule has 1 aromatic carbocycles. The molecular formula is C10H10Cl2O. The Labute approximate surface area is 87.7 Å². The van der Waals surface area contributed by atoms with Gasteiger partial charge in [-0.05, 0) is 30.7 Å². The minimum Gasteiger partial charge on any atom is -0.294 e. The van der Waals surface area contributed by atoms with E-state index in [0.29, 0.717) is 22.9 Å². The van der Waals surface area contributed by atoms with E-state index < -0.39 is 0 Å². The fraction of sp³-hybridized carbons (Fsp3) is 0.300. The van der Waals surface area contributed by atoms with Crippen LogP contribution in [-0.4, -0.2) is 11.7 Å². The maximum absolute atomic E-state index is 11.4. The molecule has 0 spiro atoms. The molecule has 0 aromatic heterocycles. The summed E-state index contributed by atoms with van der Waals surface area (Å²) in [4.78, 5) is 11.4. The zero-order chi connectivity index (χ0) is 9.84. The quantitative estimate of drug-likeness (QED) is 0.559. The lowest BCUT2D eigenvalue weighted by atomic mass is 10.0. The van der Waals surface area contributed by atoms with Gasteiger partial charge in [-0.25, -0.2) is 0 Å². The fourth-order valence-electron chi connectivity index (χ4n) is 1.16. The predicted octanol–water partition coefficient (Wildman–Crippen LogP) is 3.46. The van der Waals surface area contributed by atoms with Crippen molar-refractivity contribution >= 4 is 29.0 Å². The van der Waals surface area contributed by atoms with Gasteiger partial charge in [0.2, 0.25) is 0 Å². The normalized spacial score (nSPS) is 10.1. The van der Waals surface area contributed by atoms with Crippen molar-refractivity contribution in [3.8, 4) is 0 Å². The van der Waals surface area contributed by atoms with Crippen LogP contribution in [0.5, 0.6) is 0 Å². The number of alkyl halides is 1. The smallest absolute Gasteiger partial charge is 0.164 e. The van der Waals surface area contributed by atoms with Gasteiger partial charge in [-0.15, -0.1) is 11.6 Å². The first-order valence-electron chi connectivity index (χ1n) is 4.00.